The Bertz CT molecular complexity index is 1180. The second kappa shape index (κ2) is 8.94. The molecule has 0 spiro atoms. The predicted molar refractivity (Wildman–Crippen MR) is 128 cm³/mol. The van der Waals surface area contributed by atoms with E-state index in [0.29, 0.717) is 0 Å². The SMILES string of the molecule is C=Cc1ccc(S(=O)(O)=[O+]S(c2ccccc2)(c2ccccc2)c2ccccc2)cc1. The van der Waals surface area contributed by atoms with Crippen LogP contribution in [0.25, 0.3) is 6.08 Å². The van der Waals surface area contributed by atoms with Crippen LogP contribution in [0.3, 0.4) is 0 Å². The first-order valence-electron chi connectivity index (χ1n) is 9.75. The van der Waals surface area contributed by atoms with Gasteiger partial charge >= 0.3 is 10.1 Å². The molecule has 1 unspecified atom stereocenters. The van der Waals surface area contributed by atoms with Crippen molar-refractivity contribution in [2.24, 2.45) is 0 Å². The van der Waals surface area contributed by atoms with Crippen molar-refractivity contribution in [2.75, 3.05) is 0 Å². The standard InChI is InChI=1S/C26H22O3S2/c1-2-22-18-20-26(21-19-22)31(27,28)29-30(23-12-6-3-7-13-23,24-14-8-4-9-15-24)25-16-10-5-11-17-25/h2-21H,1H2/p+1. The molecule has 0 aliphatic rings. The van der Waals surface area contributed by atoms with Gasteiger partial charge in [-0.25, -0.2) is 4.55 Å². The summed E-state index contributed by atoms with van der Waals surface area (Å²) in [5.41, 5.74) is 0.867. The first-order valence-corrected chi connectivity index (χ1v) is 12.7. The van der Waals surface area contributed by atoms with E-state index in [4.69, 9.17) is 3.29 Å². The van der Waals surface area contributed by atoms with E-state index in [9.17, 15) is 8.76 Å². The van der Waals surface area contributed by atoms with Crippen molar-refractivity contribution in [2.45, 2.75) is 19.6 Å². The van der Waals surface area contributed by atoms with Crippen molar-refractivity contribution in [1.82, 2.24) is 0 Å². The third-order valence-corrected chi connectivity index (χ3v) is 10.1. The third kappa shape index (κ3) is 4.21. The second-order valence-electron chi connectivity index (χ2n) is 6.81. The lowest BCUT2D eigenvalue weighted by atomic mass is 10.2. The number of benzene rings is 4. The molecule has 0 aliphatic heterocycles. The minimum absolute atomic E-state index is 0.220. The topological polar surface area (TPSA) is 48.6 Å². The molecule has 156 valence electrons. The summed E-state index contributed by atoms with van der Waals surface area (Å²) in [5, 5.41) is 0. The third-order valence-electron chi connectivity index (χ3n) is 4.83. The first kappa shape index (κ1) is 21.1. The van der Waals surface area contributed by atoms with Crippen LogP contribution in [0.4, 0.5) is 0 Å². The zero-order valence-corrected chi connectivity index (χ0v) is 18.5. The summed E-state index contributed by atoms with van der Waals surface area (Å²) in [7, 11) is -6.33. The van der Waals surface area contributed by atoms with E-state index < -0.39 is 20.4 Å². The number of hydrogen-bond donors (Lipinski definition) is 1. The van der Waals surface area contributed by atoms with Gasteiger partial charge in [-0.15, -0.1) is 7.49 Å². The highest BCUT2D eigenvalue weighted by atomic mass is 32.3. The van der Waals surface area contributed by atoms with Crippen LogP contribution in [0.2, 0.25) is 0 Å². The van der Waals surface area contributed by atoms with E-state index in [0.717, 1.165) is 20.2 Å². The lowest BCUT2D eigenvalue weighted by Crippen LogP contribution is -2.10. The van der Waals surface area contributed by atoms with Crippen LogP contribution < -0.4 is 0 Å². The molecule has 0 bridgehead atoms. The fraction of sp³-hybridized carbons (Fsp3) is 0. The van der Waals surface area contributed by atoms with Crippen molar-refractivity contribution >= 4 is 26.5 Å². The van der Waals surface area contributed by atoms with E-state index in [1.54, 1.807) is 30.3 Å². The average molecular weight is 448 g/mol. The Hall–Kier alpha value is -3.12. The van der Waals surface area contributed by atoms with E-state index in [2.05, 4.69) is 6.58 Å². The van der Waals surface area contributed by atoms with Crippen molar-refractivity contribution in [3.8, 4) is 0 Å². The molecule has 1 atom stereocenters. The van der Waals surface area contributed by atoms with Gasteiger partial charge in [0, 0.05) is 0 Å². The van der Waals surface area contributed by atoms with Gasteiger partial charge in [0.05, 0.1) is 14.7 Å². The van der Waals surface area contributed by atoms with Crippen LogP contribution in [-0.4, -0.2) is 8.76 Å². The van der Waals surface area contributed by atoms with Crippen LogP contribution >= 0.6 is 10.3 Å². The molecular weight excluding hydrogens is 424 g/mol. The molecule has 4 aromatic rings. The molecule has 31 heavy (non-hydrogen) atoms. The average Bonchev–Trinajstić information content (AvgIpc) is 2.84. The second-order valence-corrected chi connectivity index (χ2v) is 11.3. The monoisotopic (exact) mass is 447 g/mol. The minimum atomic E-state index is -3.83. The van der Waals surface area contributed by atoms with Crippen molar-refractivity contribution in [3.63, 3.8) is 0 Å². The molecule has 0 amide bonds. The Balaban J connectivity index is 2.08. The van der Waals surface area contributed by atoms with Gasteiger partial charge in [0.25, 0.3) is 0 Å². The largest absolute Gasteiger partial charge is 0.454 e. The fourth-order valence-electron chi connectivity index (χ4n) is 3.32. The minimum Gasteiger partial charge on any atom is -0.241 e. The van der Waals surface area contributed by atoms with Crippen LogP contribution in [-0.2, 0) is 13.4 Å². The summed E-state index contributed by atoms with van der Waals surface area (Å²) in [6, 6.07) is 35.7. The maximum Gasteiger partial charge on any atom is 0.454 e. The summed E-state index contributed by atoms with van der Waals surface area (Å²) < 4.78 is 31.2. The molecule has 3 nitrogen and oxygen atoms in total. The molecule has 0 saturated carbocycles. The van der Waals surface area contributed by atoms with Crippen LogP contribution in [0, 0.1) is 0 Å². The molecule has 0 aliphatic carbocycles. The Morgan fingerprint density at radius 3 is 1.35 bits per heavy atom. The van der Waals surface area contributed by atoms with E-state index >= 15 is 0 Å². The molecule has 4 rings (SSSR count). The maximum absolute atomic E-state index is 13.7. The van der Waals surface area contributed by atoms with Gasteiger partial charge in [-0.3, -0.25) is 0 Å². The van der Waals surface area contributed by atoms with Crippen LogP contribution in [0.5, 0.6) is 0 Å². The zero-order chi connectivity index (χ0) is 21.7. The summed E-state index contributed by atoms with van der Waals surface area (Å²) in [6.45, 7) is 3.74. The highest BCUT2D eigenvalue weighted by Crippen LogP contribution is 2.67. The van der Waals surface area contributed by atoms with Crippen LogP contribution in [0.15, 0.2) is 141 Å². The van der Waals surface area contributed by atoms with Gasteiger partial charge in [-0.1, -0.05) is 79.4 Å². The highest BCUT2D eigenvalue weighted by molar-refractivity contribution is 8.30. The molecule has 5 heteroatoms. The molecule has 0 aromatic heterocycles. The Morgan fingerprint density at radius 1 is 0.613 bits per heavy atom. The van der Waals surface area contributed by atoms with Gasteiger partial charge in [0.2, 0.25) is 0 Å². The zero-order valence-electron chi connectivity index (χ0n) is 16.8. The summed E-state index contributed by atoms with van der Waals surface area (Å²) in [5.74, 6) is 0. The van der Waals surface area contributed by atoms with Gasteiger partial charge in [0.15, 0.2) is 10.3 Å². The van der Waals surface area contributed by atoms with E-state index in [-0.39, 0.29) is 4.90 Å². The molecule has 4 aromatic carbocycles. The lowest BCUT2D eigenvalue weighted by Gasteiger charge is -2.25. The van der Waals surface area contributed by atoms with E-state index in [1.165, 1.54) is 0 Å². The highest BCUT2D eigenvalue weighted by Gasteiger charge is 2.45. The van der Waals surface area contributed by atoms with Gasteiger partial charge < -0.3 is 0 Å². The quantitative estimate of drug-likeness (QED) is 0.250. The summed E-state index contributed by atoms with van der Waals surface area (Å²) >= 11 is 0. The molecule has 0 heterocycles. The molecule has 1 N–H and O–H groups in total. The van der Waals surface area contributed by atoms with E-state index in [1.807, 2.05) is 91.0 Å². The van der Waals surface area contributed by atoms with Crippen molar-refractivity contribution in [3.05, 3.63) is 127 Å². The van der Waals surface area contributed by atoms with Crippen molar-refractivity contribution in [1.29, 1.82) is 0 Å². The smallest absolute Gasteiger partial charge is 0.241 e. The lowest BCUT2D eigenvalue weighted by molar-refractivity contribution is 0.353. The van der Waals surface area contributed by atoms with Gasteiger partial charge in [0.1, 0.15) is 4.90 Å². The molecule has 0 radical (unpaired) electrons. The Labute approximate surface area is 185 Å². The number of rotatable bonds is 6. The molecule has 0 saturated heterocycles. The van der Waals surface area contributed by atoms with Crippen molar-refractivity contribution < 1.29 is 12.0 Å². The summed E-state index contributed by atoms with van der Waals surface area (Å²) in [6.07, 6.45) is 1.69. The normalized spacial score (nSPS) is 13.7. The number of hydrogen-bond acceptors (Lipinski definition) is 1. The van der Waals surface area contributed by atoms with Gasteiger partial charge in [-0.2, -0.15) is 0 Å². The van der Waals surface area contributed by atoms with Gasteiger partial charge in [-0.05, 0) is 54.1 Å². The summed E-state index contributed by atoms with van der Waals surface area (Å²) in [4.78, 5) is 2.75. The van der Waals surface area contributed by atoms with Crippen LogP contribution in [0.1, 0.15) is 5.56 Å². The fourth-order valence-corrected chi connectivity index (χ4v) is 8.60. The Morgan fingerprint density at radius 2 is 1.00 bits per heavy atom. The molecule has 0 fully saturated rings. The first-order chi connectivity index (χ1) is 15.1. The molecular formula is C26H23O3S2+. The predicted octanol–water partition coefficient (Wildman–Crippen LogP) is 7.22. The maximum atomic E-state index is 13.7. The Kier molecular flexibility index (Phi) is 6.09.